The molecule has 6 heteroatoms. The maximum atomic E-state index is 12.3. The second-order valence-electron chi connectivity index (χ2n) is 5.25. The number of rotatable bonds is 3. The average molecular weight is 307 g/mol. The van der Waals surface area contributed by atoms with Gasteiger partial charge in [0.2, 0.25) is 12.3 Å². The molecule has 2 heterocycles. The van der Waals surface area contributed by atoms with E-state index in [0.717, 1.165) is 16.7 Å². The number of nitrogens with one attached hydrogen (secondary N) is 1. The van der Waals surface area contributed by atoms with Gasteiger partial charge in [0.15, 0.2) is 0 Å². The van der Waals surface area contributed by atoms with Gasteiger partial charge in [-0.05, 0) is 47.5 Å². The summed E-state index contributed by atoms with van der Waals surface area (Å²) in [5, 5.41) is 10.4. The molecular formula is C17H13N3O3. The molecule has 1 aliphatic heterocycles. The standard InChI is InChI=1S/C17H13N3O3/c21-16(12-1-2-13-8-22-9-14(13)7-12)19-15-5-3-11(4-6-15)17-20-18-10-23-17/h1-7,10H,8-9H2,(H,19,21). The van der Waals surface area contributed by atoms with Gasteiger partial charge in [-0.1, -0.05) is 6.07 Å². The van der Waals surface area contributed by atoms with Crippen LogP contribution >= 0.6 is 0 Å². The zero-order valence-corrected chi connectivity index (χ0v) is 12.2. The molecule has 0 saturated heterocycles. The van der Waals surface area contributed by atoms with Crippen LogP contribution in [0.5, 0.6) is 0 Å². The molecule has 1 N–H and O–H groups in total. The van der Waals surface area contributed by atoms with Crippen molar-refractivity contribution in [1.82, 2.24) is 10.2 Å². The van der Waals surface area contributed by atoms with Crippen LogP contribution in [0.3, 0.4) is 0 Å². The van der Waals surface area contributed by atoms with Crippen LogP contribution in [0, 0.1) is 0 Å². The van der Waals surface area contributed by atoms with Crippen LogP contribution < -0.4 is 5.32 Å². The Morgan fingerprint density at radius 1 is 1.04 bits per heavy atom. The summed E-state index contributed by atoms with van der Waals surface area (Å²) in [5.74, 6) is 0.298. The van der Waals surface area contributed by atoms with E-state index in [9.17, 15) is 4.79 Å². The molecule has 0 aliphatic carbocycles. The fraction of sp³-hybridized carbons (Fsp3) is 0.118. The molecule has 0 radical (unpaired) electrons. The van der Waals surface area contributed by atoms with Crippen LogP contribution in [0.15, 0.2) is 53.3 Å². The molecule has 3 aromatic rings. The highest BCUT2D eigenvalue weighted by atomic mass is 16.5. The highest BCUT2D eigenvalue weighted by Crippen LogP contribution is 2.22. The molecule has 0 saturated carbocycles. The fourth-order valence-corrected chi connectivity index (χ4v) is 2.51. The first-order valence-electron chi connectivity index (χ1n) is 7.17. The minimum Gasteiger partial charge on any atom is -0.423 e. The van der Waals surface area contributed by atoms with Gasteiger partial charge in [-0.25, -0.2) is 0 Å². The van der Waals surface area contributed by atoms with Crippen LogP contribution in [-0.2, 0) is 18.0 Å². The molecule has 1 aromatic heterocycles. The Kier molecular flexibility index (Phi) is 3.36. The number of ether oxygens (including phenoxy) is 1. The first-order valence-corrected chi connectivity index (χ1v) is 7.17. The van der Waals surface area contributed by atoms with Crippen LogP contribution in [0.25, 0.3) is 11.5 Å². The van der Waals surface area contributed by atoms with Gasteiger partial charge in [-0.2, -0.15) is 0 Å². The summed E-state index contributed by atoms with van der Waals surface area (Å²) in [6.45, 7) is 1.18. The summed E-state index contributed by atoms with van der Waals surface area (Å²) in [7, 11) is 0. The lowest BCUT2D eigenvalue weighted by molar-refractivity contribution is 0.102. The smallest absolute Gasteiger partial charge is 0.255 e. The normalized spacial score (nSPS) is 12.9. The summed E-state index contributed by atoms with van der Waals surface area (Å²) in [4.78, 5) is 12.3. The van der Waals surface area contributed by atoms with E-state index in [4.69, 9.17) is 9.15 Å². The van der Waals surface area contributed by atoms with Crippen molar-refractivity contribution in [3.8, 4) is 11.5 Å². The maximum absolute atomic E-state index is 12.3. The molecule has 114 valence electrons. The summed E-state index contributed by atoms with van der Waals surface area (Å²) in [5.41, 5.74) is 4.34. The highest BCUT2D eigenvalue weighted by Gasteiger charge is 2.14. The zero-order valence-electron chi connectivity index (χ0n) is 12.2. The van der Waals surface area contributed by atoms with Crippen molar-refractivity contribution >= 4 is 11.6 Å². The minimum atomic E-state index is -0.148. The van der Waals surface area contributed by atoms with Gasteiger partial charge in [0.05, 0.1) is 13.2 Å². The van der Waals surface area contributed by atoms with Crippen molar-refractivity contribution in [2.75, 3.05) is 5.32 Å². The Morgan fingerprint density at radius 3 is 2.65 bits per heavy atom. The van der Waals surface area contributed by atoms with Gasteiger partial charge >= 0.3 is 0 Å². The number of aromatic nitrogens is 2. The first-order chi connectivity index (χ1) is 11.3. The van der Waals surface area contributed by atoms with Crippen LogP contribution in [0.4, 0.5) is 5.69 Å². The molecular weight excluding hydrogens is 294 g/mol. The lowest BCUT2D eigenvalue weighted by atomic mass is 10.1. The SMILES string of the molecule is O=C(Nc1ccc(-c2nnco2)cc1)c1ccc2c(c1)COC2. The zero-order chi connectivity index (χ0) is 15.6. The molecule has 6 nitrogen and oxygen atoms in total. The number of carbonyl (C=O) groups excluding carboxylic acids is 1. The van der Waals surface area contributed by atoms with E-state index in [-0.39, 0.29) is 5.91 Å². The molecule has 0 spiro atoms. The van der Waals surface area contributed by atoms with E-state index in [0.29, 0.717) is 30.4 Å². The number of benzene rings is 2. The van der Waals surface area contributed by atoms with Gasteiger partial charge in [-0.15, -0.1) is 10.2 Å². The molecule has 2 aromatic carbocycles. The number of nitrogens with zero attached hydrogens (tertiary/aromatic N) is 2. The Bertz CT molecular complexity index is 842. The molecule has 1 aliphatic rings. The van der Waals surface area contributed by atoms with Crippen molar-refractivity contribution in [2.24, 2.45) is 0 Å². The van der Waals surface area contributed by atoms with E-state index in [1.165, 1.54) is 6.39 Å². The number of carbonyl (C=O) groups is 1. The van der Waals surface area contributed by atoms with Gasteiger partial charge in [-0.3, -0.25) is 4.79 Å². The molecule has 23 heavy (non-hydrogen) atoms. The van der Waals surface area contributed by atoms with Crippen molar-refractivity contribution < 1.29 is 13.9 Å². The highest BCUT2D eigenvalue weighted by molar-refractivity contribution is 6.04. The summed E-state index contributed by atoms with van der Waals surface area (Å²) in [6, 6.07) is 12.9. The van der Waals surface area contributed by atoms with Gasteiger partial charge in [0, 0.05) is 16.8 Å². The van der Waals surface area contributed by atoms with Crippen molar-refractivity contribution in [1.29, 1.82) is 0 Å². The third-order valence-electron chi connectivity index (χ3n) is 3.73. The van der Waals surface area contributed by atoms with E-state index in [1.807, 2.05) is 30.3 Å². The van der Waals surface area contributed by atoms with E-state index >= 15 is 0 Å². The number of hydrogen-bond donors (Lipinski definition) is 1. The molecule has 0 atom stereocenters. The van der Waals surface area contributed by atoms with E-state index in [2.05, 4.69) is 15.5 Å². The lowest BCUT2D eigenvalue weighted by Gasteiger charge is -2.07. The summed E-state index contributed by atoms with van der Waals surface area (Å²) >= 11 is 0. The third-order valence-corrected chi connectivity index (χ3v) is 3.73. The Labute approximate surface area is 132 Å². The fourth-order valence-electron chi connectivity index (χ4n) is 2.51. The van der Waals surface area contributed by atoms with Gasteiger partial charge in [0.1, 0.15) is 0 Å². The van der Waals surface area contributed by atoms with Crippen molar-refractivity contribution in [3.05, 3.63) is 65.5 Å². The quantitative estimate of drug-likeness (QED) is 0.805. The average Bonchev–Trinajstić information content (AvgIpc) is 3.26. The summed E-state index contributed by atoms with van der Waals surface area (Å²) in [6.07, 6.45) is 1.28. The van der Waals surface area contributed by atoms with Gasteiger partial charge < -0.3 is 14.5 Å². The van der Waals surface area contributed by atoms with Crippen molar-refractivity contribution in [2.45, 2.75) is 13.2 Å². The molecule has 4 rings (SSSR count). The van der Waals surface area contributed by atoms with Crippen LogP contribution in [0.2, 0.25) is 0 Å². The minimum absolute atomic E-state index is 0.148. The van der Waals surface area contributed by atoms with E-state index < -0.39 is 0 Å². The van der Waals surface area contributed by atoms with Crippen LogP contribution in [-0.4, -0.2) is 16.1 Å². The Hall–Kier alpha value is -2.99. The molecule has 0 bridgehead atoms. The monoisotopic (exact) mass is 307 g/mol. The molecule has 1 amide bonds. The number of anilines is 1. The van der Waals surface area contributed by atoms with Crippen molar-refractivity contribution in [3.63, 3.8) is 0 Å². The third kappa shape index (κ3) is 2.72. The number of hydrogen-bond acceptors (Lipinski definition) is 5. The molecule has 0 fully saturated rings. The lowest BCUT2D eigenvalue weighted by Crippen LogP contribution is -2.12. The van der Waals surface area contributed by atoms with Gasteiger partial charge in [0.25, 0.3) is 5.91 Å². The first kappa shape index (κ1) is 13.7. The molecule has 0 unspecified atom stereocenters. The Balaban J connectivity index is 1.50. The van der Waals surface area contributed by atoms with Crippen LogP contribution in [0.1, 0.15) is 21.5 Å². The number of amides is 1. The van der Waals surface area contributed by atoms with E-state index in [1.54, 1.807) is 12.1 Å². The largest absolute Gasteiger partial charge is 0.423 e. The second-order valence-corrected chi connectivity index (χ2v) is 5.25. The predicted molar refractivity (Wildman–Crippen MR) is 82.6 cm³/mol. The second kappa shape index (κ2) is 5.66. The topological polar surface area (TPSA) is 77.3 Å². The number of fused-ring (bicyclic) bond motifs is 1. The summed E-state index contributed by atoms with van der Waals surface area (Å²) < 4.78 is 10.5. The predicted octanol–water partition coefficient (Wildman–Crippen LogP) is 3.02. The Morgan fingerprint density at radius 2 is 1.87 bits per heavy atom. The maximum Gasteiger partial charge on any atom is 0.255 e.